The fourth-order valence-corrected chi connectivity index (χ4v) is 3.46. The van der Waals surface area contributed by atoms with Crippen LogP contribution in [0.15, 0.2) is 0 Å². The molecule has 0 aromatic rings. The monoisotopic (exact) mass is 225 g/mol. The second-order valence-electron chi connectivity index (χ2n) is 6.88. The number of likely N-dealkylation sites (tertiary alicyclic amines) is 1. The molecule has 1 N–H and O–H groups in total. The molecular weight excluding hydrogens is 198 g/mol. The van der Waals surface area contributed by atoms with Gasteiger partial charge in [0.1, 0.15) is 0 Å². The first-order chi connectivity index (χ1) is 7.55. The topological polar surface area (TPSA) is 23.5 Å². The average Bonchev–Trinajstić information content (AvgIpc) is 2.42. The largest absolute Gasteiger partial charge is 0.396 e. The van der Waals surface area contributed by atoms with E-state index in [4.69, 9.17) is 0 Å². The Labute approximate surface area is 100 Å². The summed E-state index contributed by atoms with van der Waals surface area (Å²) in [6.45, 7) is 8.25. The highest BCUT2D eigenvalue weighted by Gasteiger charge is 2.43. The van der Waals surface area contributed by atoms with Gasteiger partial charge in [-0.15, -0.1) is 0 Å². The van der Waals surface area contributed by atoms with Gasteiger partial charge in [0.25, 0.3) is 0 Å². The molecule has 1 aliphatic carbocycles. The van der Waals surface area contributed by atoms with Crippen LogP contribution in [-0.4, -0.2) is 36.2 Å². The Morgan fingerprint density at radius 1 is 1.06 bits per heavy atom. The van der Waals surface area contributed by atoms with Gasteiger partial charge in [0.05, 0.1) is 0 Å². The number of hydrogen-bond donors (Lipinski definition) is 1. The van der Waals surface area contributed by atoms with E-state index in [-0.39, 0.29) is 5.41 Å². The molecule has 2 heteroatoms. The molecule has 1 spiro atoms. The van der Waals surface area contributed by atoms with Crippen LogP contribution in [-0.2, 0) is 0 Å². The molecule has 1 aliphatic heterocycles. The fourth-order valence-electron chi connectivity index (χ4n) is 3.46. The Kier molecular flexibility index (Phi) is 3.60. The Morgan fingerprint density at radius 2 is 1.62 bits per heavy atom. The van der Waals surface area contributed by atoms with Crippen LogP contribution < -0.4 is 0 Å². The van der Waals surface area contributed by atoms with Crippen molar-refractivity contribution in [3.8, 4) is 0 Å². The van der Waals surface area contributed by atoms with E-state index < -0.39 is 0 Å². The van der Waals surface area contributed by atoms with Crippen LogP contribution >= 0.6 is 0 Å². The third kappa shape index (κ3) is 2.78. The molecule has 16 heavy (non-hydrogen) atoms. The van der Waals surface area contributed by atoms with Gasteiger partial charge in [0.15, 0.2) is 0 Å². The van der Waals surface area contributed by atoms with Crippen molar-refractivity contribution < 1.29 is 5.11 Å². The van der Waals surface area contributed by atoms with E-state index in [1.807, 2.05) is 0 Å². The predicted octanol–water partition coefficient (Wildman–Crippen LogP) is 2.66. The van der Waals surface area contributed by atoms with Crippen LogP contribution in [0.25, 0.3) is 0 Å². The molecule has 2 nitrogen and oxygen atoms in total. The van der Waals surface area contributed by atoms with Crippen LogP contribution in [0, 0.1) is 10.8 Å². The van der Waals surface area contributed by atoms with Gasteiger partial charge in [-0.25, -0.2) is 0 Å². The summed E-state index contributed by atoms with van der Waals surface area (Å²) in [6, 6.07) is 0. The molecular formula is C14H27NO. The summed E-state index contributed by atoms with van der Waals surface area (Å²) >= 11 is 0. The Bertz CT molecular complexity index is 221. The van der Waals surface area contributed by atoms with Crippen molar-refractivity contribution in [1.29, 1.82) is 0 Å². The van der Waals surface area contributed by atoms with Crippen molar-refractivity contribution >= 4 is 0 Å². The molecule has 0 atom stereocenters. The quantitative estimate of drug-likeness (QED) is 0.798. The summed E-state index contributed by atoms with van der Waals surface area (Å²) in [5.74, 6) is 0. The van der Waals surface area contributed by atoms with Crippen molar-refractivity contribution in [2.45, 2.75) is 52.4 Å². The lowest BCUT2D eigenvalue weighted by atomic mass is 9.72. The molecule has 0 bridgehead atoms. The highest BCUT2D eigenvalue weighted by molar-refractivity contribution is 4.96. The first-order valence-electron chi connectivity index (χ1n) is 6.89. The standard InChI is InChI=1S/C14H27NO/c1-13(2,12-16)9-15-10-14(11-15)7-5-3-4-6-8-14/h16H,3-12H2,1-2H3. The van der Waals surface area contributed by atoms with Gasteiger partial charge in [0.2, 0.25) is 0 Å². The van der Waals surface area contributed by atoms with Gasteiger partial charge in [-0.2, -0.15) is 0 Å². The normalized spacial score (nSPS) is 26.4. The van der Waals surface area contributed by atoms with Crippen molar-refractivity contribution in [3.63, 3.8) is 0 Å². The number of aliphatic hydroxyl groups is 1. The van der Waals surface area contributed by atoms with Crippen LogP contribution in [0.4, 0.5) is 0 Å². The lowest BCUT2D eigenvalue weighted by Crippen LogP contribution is -2.58. The summed E-state index contributed by atoms with van der Waals surface area (Å²) in [6.07, 6.45) is 8.67. The van der Waals surface area contributed by atoms with Crippen LogP contribution in [0.2, 0.25) is 0 Å². The van der Waals surface area contributed by atoms with Gasteiger partial charge in [-0.1, -0.05) is 39.5 Å². The van der Waals surface area contributed by atoms with E-state index in [2.05, 4.69) is 18.7 Å². The zero-order valence-corrected chi connectivity index (χ0v) is 11.0. The van der Waals surface area contributed by atoms with Crippen molar-refractivity contribution in [2.75, 3.05) is 26.2 Å². The van der Waals surface area contributed by atoms with E-state index in [0.29, 0.717) is 12.0 Å². The Balaban J connectivity index is 1.79. The molecule has 1 heterocycles. The Morgan fingerprint density at radius 3 is 2.12 bits per heavy atom. The molecule has 94 valence electrons. The maximum absolute atomic E-state index is 9.28. The number of hydrogen-bond acceptors (Lipinski definition) is 2. The minimum Gasteiger partial charge on any atom is -0.396 e. The van der Waals surface area contributed by atoms with Gasteiger partial charge in [-0.3, -0.25) is 0 Å². The summed E-state index contributed by atoms with van der Waals surface area (Å²) in [5, 5.41) is 9.28. The molecule has 2 aliphatic rings. The zero-order valence-electron chi connectivity index (χ0n) is 11.0. The minimum atomic E-state index is 0.0757. The van der Waals surface area contributed by atoms with Gasteiger partial charge < -0.3 is 10.0 Å². The second kappa shape index (κ2) is 4.66. The minimum absolute atomic E-state index is 0.0757. The third-order valence-electron chi connectivity index (χ3n) is 4.36. The van der Waals surface area contributed by atoms with Crippen LogP contribution in [0.5, 0.6) is 0 Å². The van der Waals surface area contributed by atoms with E-state index >= 15 is 0 Å². The van der Waals surface area contributed by atoms with Crippen molar-refractivity contribution in [1.82, 2.24) is 4.90 Å². The zero-order chi connectivity index (χ0) is 11.6. The first-order valence-corrected chi connectivity index (χ1v) is 6.89. The smallest absolute Gasteiger partial charge is 0.0494 e. The molecule has 0 amide bonds. The number of nitrogens with zero attached hydrogens (tertiary/aromatic N) is 1. The Hall–Kier alpha value is -0.0800. The molecule has 0 aromatic carbocycles. The van der Waals surface area contributed by atoms with E-state index in [9.17, 15) is 5.11 Å². The third-order valence-corrected chi connectivity index (χ3v) is 4.36. The molecule has 2 rings (SSSR count). The van der Waals surface area contributed by atoms with Crippen molar-refractivity contribution in [3.05, 3.63) is 0 Å². The molecule has 2 fully saturated rings. The average molecular weight is 225 g/mol. The lowest BCUT2D eigenvalue weighted by molar-refractivity contribution is -0.0414. The molecule has 0 aromatic heterocycles. The second-order valence-corrected chi connectivity index (χ2v) is 6.88. The van der Waals surface area contributed by atoms with E-state index in [1.54, 1.807) is 0 Å². The summed E-state index contributed by atoms with van der Waals surface area (Å²) in [5.41, 5.74) is 0.744. The molecule has 1 saturated heterocycles. The first kappa shape index (κ1) is 12.4. The number of aliphatic hydroxyl groups excluding tert-OH is 1. The maximum atomic E-state index is 9.28. The number of rotatable bonds is 3. The summed E-state index contributed by atoms with van der Waals surface area (Å²) in [4.78, 5) is 2.54. The summed E-state index contributed by atoms with van der Waals surface area (Å²) in [7, 11) is 0. The lowest BCUT2D eigenvalue weighted by Gasteiger charge is -2.52. The molecule has 1 saturated carbocycles. The van der Waals surface area contributed by atoms with Crippen LogP contribution in [0.3, 0.4) is 0 Å². The fraction of sp³-hybridized carbons (Fsp3) is 1.00. The van der Waals surface area contributed by atoms with E-state index in [1.165, 1.54) is 51.6 Å². The predicted molar refractivity (Wildman–Crippen MR) is 67.4 cm³/mol. The SMILES string of the molecule is CC(C)(CO)CN1CC2(CCCCCC2)C1. The highest BCUT2D eigenvalue weighted by Crippen LogP contribution is 2.43. The summed E-state index contributed by atoms with van der Waals surface area (Å²) < 4.78 is 0. The van der Waals surface area contributed by atoms with Crippen LogP contribution in [0.1, 0.15) is 52.4 Å². The molecule has 0 radical (unpaired) electrons. The highest BCUT2D eigenvalue weighted by atomic mass is 16.3. The van der Waals surface area contributed by atoms with Crippen molar-refractivity contribution in [2.24, 2.45) is 10.8 Å². The molecule has 0 unspecified atom stereocenters. The van der Waals surface area contributed by atoms with E-state index in [0.717, 1.165) is 6.54 Å². The maximum Gasteiger partial charge on any atom is 0.0494 e. The van der Waals surface area contributed by atoms with Gasteiger partial charge in [-0.05, 0) is 18.3 Å². The van der Waals surface area contributed by atoms with Gasteiger partial charge >= 0.3 is 0 Å². The van der Waals surface area contributed by atoms with Gasteiger partial charge in [0, 0.05) is 31.7 Å².